The smallest absolute Gasteiger partial charge is 0.271 e. The molecule has 0 bridgehead atoms. The van der Waals surface area contributed by atoms with E-state index >= 15 is 0 Å². The summed E-state index contributed by atoms with van der Waals surface area (Å²) in [6, 6.07) is 15.4. The molecule has 1 aromatic carbocycles. The van der Waals surface area contributed by atoms with Crippen molar-refractivity contribution in [3.05, 3.63) is 71.4 Å². The lowest BCUT2D eigenvalue weighted by molar-refractivity contribution is 0.0946. The van der Waals surface area contributed by atoms with Gasteiger partial charge >= 0.3 is 0 Å². The molecular weight excluding hydrogens is 282 g/mol. The molecule has 0 unspecified atom stereocenters. The molecule has 5 heteroatoms. The fourth-order valence-corrected chi connectivity index (χ4v) is 2.63. The summed E-state index contributed by atoms with van der Waals surface area (Å²) in [5.74, 6) is -0.169. The Morgan fingerprint density at radius 3 is 2.67 bits per heavy atom. The second kappa shape index (κ2) is 6.28. The zero-order valence-corrected chi connectivity index (χ0v) is 12.0. The van der Waals surface area contributed by atoms with Crippen molar-refractivity contribution >= 4 is 17.2 Å². The Bertz CT molecular complexity index is 726. The average Bonchev–Trinajstić information content (AvgIpc) is 3.04. The van der Waals surface area contributed by atoms with Crippen molar-refractivity contribution < 1.29 is 4.79 Å². The second-order valence-electron chi connectivity index (χ2n) is 4.42. The molecule has 0 radical (unpaired) electrons. The Morgan fingerprint density at radius 1 is 1.10 bits per heavy atom. The largest absolute Gasteiger partial charge is 0.347 e. The first-order chi connectivity index (χ1) is 10.3. The number of nitrogens with one attached hydrogen (secondary N) is 1. The molecule has 0 saturated heterocycles. The maximum atomic E-state index is 12.1. The van der Waals surface area contributed by atoms with E-state index < -0.39 is 0 Å². The number of nitrogens with zero attached hydrogens (tertiary/aromatic N) is 2. The first kappa shape index (κ1) is 13.5. The number of rotatable bonds is 4. The molecule has 0 atom stereocenters. The Labute approximate surface area is 126 Å². The third-order valence-electron chi connectivity index (χ3n) is 2.92. The van der Waals surface area contributed by atoms with E-state index in [0.717, 1.165) is 16.3 Å². The first-order valence-electron chi connectivity index (χ1n) is 6.52. The van der Waals surface area contributed by atoms with Gasteiger partial charge in [-0.2, -0.15) is 0 Å². The summed E-state index contributed by atoms with van der Waals surface area (Å²) in [7, 11) is 0. The molecule has 0 saturated carbocycles. The van der Waals surface area contributed by atoms with Gasteiger partial charge in [-0.25, -0.2) is 4.98 Å². The van der Waals surface area contributed by atoms with Gasteiger partial charge in [0.25, 0.3) is 5.91 Å². The highest BCUT2D eigenvalue weighted by molar-refractivity contribution is 7.13. The molecule has 2 aromatic heterocycles. The predicted octanol–water partition coefficient (Wildman–Crippen LogP) is 3.14. The van der Waals surface area contributed by atoms with Gasteiger partial charge in [-0.1, -0.05) is 36.4 Å². The Hall–Kier alpha value is -2.53. The van der Waals surface area contributed by atoms with Crippen LogP contribution >= 0.6 is 11.3 Å². The van der Waals surface area contributed by atoms with Gasteiger partial charge in [-0.3, -0.25) is 9.78 Å². The van der Waals surface area contributed by atoms with Gasteiger partial charge in [0.1, 0.15) is 10.7 Å². The van der Waals surface area contributed by atoms with Crippen LogP contribution in [0.2, 0.25) is 0 Å². The van der Waals surface area contributed by atoms with Crippen molar-refractivity contribution in [2.75, 3.05) is 0 Å². The third kappa shape index (κ3) is 3.32. The van der Waals surface area contributed by atoms with Crippen molar-refractivity contribution in [3.63, 3.8) is 0 Å². The number of carbonyl (C=O) groups is 1. The highest BCUT2D eigenvalue weighted by atomic mass is 32.1. The van der Waals surface area contributed by atoms with E-state index in [2.05, 4.69) is 15.3 Å². The lowest BCUT2D eigenvalue weighted by Crippen LogP contribution is -2.23. The standard InChI is InChI=1S/C16H13N3OS/c20-15(18-10-12-6-2-1-3-7-12)14-11-21-16(19-14)13-8-4-5-9-17-13/h1-9,11H,10H2,(H,18,20). The number of aromatic nitrogens is 2. The summed E-state index contributed by atoms with van der Waals surface area (Å²) in [4.78, 5) is 20.6. The molecular formula is C16H13N3OS. The maximum Gasteiger partial charge on any atom is 0.271 e. The maximum absolute atomic E-state index is 12.1. The van der Waals surface area contributed by atoms with Gasteiger partial charge in [-0.05, 0) is 17.7 Å². The normalized spacial score (nSPS) is 10.3. The summed E-state index contributed by atoms with van der Waals surface area (Å²) >= 11 is 1.42. The molecule has 3 rings (SSSR count). The quantitative estimate of drug-likeness (QED) is 0.804. The molecule has 4 nitrogen and oxygen atoms in total. The summed E-state index contributed by atoms with van der Waals surface area (Å²) in [6.45, 7) is 0.496. The number of hydrogen-bond donors (Lipinski definition) is 1. The monoisotopic (exact) mass is 295 g/mol. The number of amides is 1. The van der Waals surface area contributed by atoms with Crippen molar-refractivity contribution in [1.82, 2.24) is 15.3 Å². The SMILES string of the molecule is O=C(NCc1ccccc1)c1csc(-c2ccccn2)n1. The van der Waals surface area contributed by atoms with E-state index in [-0.39, 0.29) is 5.91 Å². The average molecular weight is 295 g/mol. The number of thiazole rings is 1. The van der Waals surface area contributed by atoms with E-state index in [1.54, 1.807) is 11.6 Å². The minimum absolute atomic E-state index is 0.169. The third-order valence-corrected chi connectivity index (χ3v) is 3.78. The first-order valence-corrected chi connectivity index (χ1v) is 7.40. The number of benzene rings is 1. The molecule has 0 fully saturated rings. The minimum Gasteiger partial charge on any atom is -0.347 e. The topological polar surface area (TPSA) is 54.9 Å². The number of pyridine rings is 1. The molecule has 0 aliphatic heterocycles. The van der Waals surface area contributed by atoms with Crippen molar-refractivity contribution in [2.45, 2.75) is 6.54 Å². The molecule has 3 aromatic rings. The molecule has 104 valence electrons. The van der Waals surface area contributed by atoms with Crippen LogP contribution in [0.25, 0.3) is 10.7 Å². The van der Waals surface area contributed by atoms with E-state index in [1.165, 1.54) is 11.3 Å². The van der Waals surface area contributed by atoms with E-state index in [4.69, 9.17) is 0 Å². The van der Waals surface area contributed by atoms with Crippen LogP contribution in [-0.4, -0.2) is 15.9 Å². The van der Waals surface area contributed by atoms with E-state index in [0.29, 0.717) is 12.2 Å². The predicted molar refractivity (Wildman–Crippen MR) is 83.0 cm³/mol. The molecule has 0 aliphatic rings. The van der Waals surface area contributed by atoms with Crippen LogP contribution in [0.1, 0.15) is 16.1 Å². The van der Waals surface area contributed by atoms with E-state index in [1.807, 2.05) is 48.5 Å². The van der Waals surface area contributed by atoms with Gasteiger partial charge in [-0.15, -0.1) is 11.3 Å². The van der Waals surface area contributed by atoms with Gasteiger partial charge in [0, 0.05) is 18.1 Å². The number of carbonyl (C=O) groups excluding carboxylic acids is 1. The summed E-state index contributed by atoms with van der Waals surface area (Å²) in [5.41, 5.74) is 2.27. The Kier molecular flexibility index (Phi) is 4.02. The Balaban J connectivity index is 1.67. The minimum atomic E-state index is -0.169. The van der Waals surface area contributed by atoms with Gasteiger partial charge in [0.15, 0.2) is 0 Å². The van der Waals surface area contributed by atoms with Crippen molar-refractivity contribution in [2.24, 2.45) is 0 Å². The molecule has 21 heavy (non-hydrogen) atoms. The highest BCUT2D eigenvalue weighted by Gasteiger charge is 2.11. The van der Waals surface area contributed by atoms with Crippen molar-refractivity contribution in [1.29, 1.82) is 0 Å². The van der Waals surface area contributed by atoms with Crippen LogP contribution in [0.3, 0.4) is 0 Å². The van der Waals surface area contributed by atoms with Crippen LogP contribution in [0.4, 0.5) is 0 Å². The zero-order chi connectivity index (χ0) is 14.5. The lowest BCUT2D eigenvalue weighted by atomic mass is 10.2. The highest BCUT2D eigenvalue weighted by Crippen LogP contribution is 2.21. The zero-order valence-electron chi connectivity index (χ0n) is 11.2. The van der Waals surface area contributed by atoms with Gasteiger partial charge in [0.2, 0.25) is 0 Å². The lowest BCUT2D eigenvalue weighted by Gasteiger charge is -2.02. The Morgan fingerprint density at radius 2 is 1.90 bits per heavy atom. The molecule has 2 heterocycles. The van der Waals surface area contributed by atoms with Crippen LogP contribution in [0.5, 0.6) is 0 Å². The van der Waals surface area contributed by atoms with Gasteiger partial charge < -0.3 is 5.32 Å². The summed E-state index contributed by atoms with van der Waals surface area (Å²) in [6.07, 6.45) is 1.71. The number of hydrogen-bond acceptors (Lipinski definition) is 4. The van der Waals surface area contributed by atoms with Gasteiger partial charge in [0.05, 0.1) is 5.69 Å². The molecule has 0 aliphatic carbocycles. The van der Waals surface area contributed by atoms with Crippen molar-refractivity contribution in [3.8, 4) is 10.7 Å². The molecule has 1 N–H and O–H groups in total. The van der Waals surface area contributed by atoms with Crippen LogP contribution in [-0.2, 0) is 6.54 Å². The summed E-state index contributed by atoms with van der Waals surface area (Å²) in [5, 5.41) is 5.37. The van der Waals surface area contributed by atoms with Crippen LogP contribution in [0.15, 0.2) is 60.1 Å². The van der Waals surface area contributed by atoms with Crippen LogP contribution in [0, 0.1) is 0 Å². The fourth-order valence-electron chi connectivity index (χ4n) is 1.85. The van der Waals surface area contributed by atoms with E-state index in [9.17, 15) is 4.79 Å². The fraction of sp³-hybridized carbons (Fsp3) is 0.0625. The molecule has 1 amide bonds. The second-order valence-corrected chi connectivity index (χ2v) is 5.28. The summed E-state index contributed by atoms with van der Waals surface area (Å²) < 4.78 is 0. The molecule has 0 spiro atoms. The van der Waals surface area contributed by atoms with Crippen LogP contribution < -0.4 is 5.32 Å².